The third-order valence-corrected chi connectivity index (χ3v) is 6.88. The molecule has 25 heavy (non-hydrogen) atoms. The number of unbranched alkanes of at least 4 members (excludes halogenated alkanes) is 1. The number of nitrogens with zero attached hydrogens (tertiary/aromatic N) is 2. The van der Waals surface area contributed by atoms with Gasteiger partial charge < -0.3 is 18.1 Å². The molecule has 0 saturated carbocycles. The van der Waals surface area contributed by atoms with Crippen molar-refractivity contribution in [2.75, 3.05) is 27.4 Å². The average Bonchev–Trinajstić information content (AvgIpc) is 2.56. The van der Waals surface area contributed by atoms with Crippen molar-refractivity contribution in [3.63, 3.8) is 0 Å². The van der Waals surface area contributed by atoms with Crippen molar-refractivity contribution in [1.82, 2.24) is 4.67 Å². The minimum atomic E-state index is -3.09. The van der Waals surface area contributed by atoms with Crippen molar-refractivity contribution in [2.24, 2.45) is 0 Å². The van der Waals surface area contributed by atoms with Crippen molar-refractivity contribution in [1.29, 1.82) is 5.26 Å². The van der Waals surface area contributed by atoms with E-state index in [0.29, 0.717) is 26.1 Å². The summed E-state index contributed by atoms with van der Waals surface area (Å²) < 4.78 is 35.5. The Morgan fingerprint density at radius 2 is 1.68 bits per heavy atom. The zero-order valence-corrected chi connectivity index (χ0v) is 18.0. The van der Waals surface area contributed by atoms with E-state index < -0.39 is 16.1 Å². The molecule has 7 nitrogen and oxygen atoms in total. The van der Waals surface area contributed by atoms with Gasteiger partial charge in [-0.1, -0.05) is 6.08 Å². The topological polar surface area (TPSA) is 81.0 Å². The minimum absolute atomic E-state index is 0.280. The molecule has 0 fully saturated rings. The number of nitriles is 1. The fourth-order valence-corrected chi connectivity index (χ4v) is 4.49. The lowest BCUT2D eigenvalue weighted by atomic mass is 10.3. The zero-order valence-electron chi connectivity index (χ0n) is 16.2. The van der Waals surface area contributed by atoms with E-state index in [2.05, 4.69) is 38.4 Å². The lowest BCUT2D eigenvalue weighted by Gasteiger charge is -2.35. The first-order valence-electron chi connectivity index (χ1n) is 8.41. The zero-order chi connectivity index (χ0) is 19.3. The summed E-state index contributed by atoms with van der Waals surface area (Å²) in [5.74, 6) is 1.47. The summed E-state index contributed by atoms with van der Waals surface area (Å²) in [4.78, 5) is 0. The van der Waals surface area contributed by atoms with Crippen molar-refractivity contribution in [3.05, 3.63) is 11.9 Å². The highest BCUT2D eigenvalue weighted by Crippen LogP contribution is 2.48. The summed E-state index contributed by atoms with van der Waals surface area (Å²) >= 11 is 0. The first-order valence-corrected chi connectivity index (χ1v) is 11.2. The number of hydrogen-bond donors (Lipinski definition) is 0. The third-order valence-electron chi connectivity index (χ3n) is 3.18. The Balaban J connectivity index is 4.50. The smallest absolute Gasteiger partial charge is 0.322 e. The summed E-state index contributed by atoms with van der Waals surface area (Å²) in [5, 5.41) is 8.69. The van der Waals surface area contributed by atoms with E-state index >= 15 is 0 Å². The van der Waals surface area contributed by atoms with Gasteiger partial charge in [-0.3, -0.25) is 4.57 Å². The second-order valence-corrected chi connectivity index (χ2v) is 9.37. The summed E-state index contributed by atoms with van der Waals surface area (Å²) in [7, 11) is -1.59. The quantitative estimate of drug-likeness (QED) is 0.301. The van der Waals surface area contributed by atoms with E-state index in [1.54, 1.807) is 6.08 Å². The maximum Gasteiger partial charge on any atom is 0.353 e. The Morgan fingerprint density at radius 1 is 1.12 bits per heavy atom. The predicted octanol–water partition coefficient (Wildman–Crippen LogP) is 5.06. The van der Waals surface area contributed by atoms with Gasteiger partial charge in [0.05, 0.1) is 25.7 Å². The van der Waals surface area contributed by atoms with Crippen LogP contribution in [0.3, 0.4) is 0 Å². The van der Waals surface area contributed by atoms with E-state index in [9.17, 15) is 4.57 Å². The van der Waals surface area contributed by atoms with Crippen LogP contribution in [0.2, 0.25) is 0 Å². The van der Waals surface area contributed by atoms with Gasteiger partial charge in [0.2, 0.25) is 0 Å². The van der Waals surface area contributed by atoms with Gasteiger partial charge in [0.1, 0.15) is 0 Å². The second-order valence-electron chi connectivity index (χ2n) is 5.81. The predicted molar refractivity (Wildman–Crippen MR) is 101 cm³/mol. The van der Waals surface area contributed by atoms with Crippen molar-refractivity contribution >= 4 is 16.1 Å². The van der Waals surface area contributed by atoms with Crippen molar-refractivity contribution < 1.29 is 22.7 Å². The van der Waals surface area contributed by atoms with Crippen LogP contribution < -0.4 is 0 Å². The van der Waals surface area contributed by atoms with Crippen LogP contribution in [-0.2, 0) is 22.7 Å². The van der Waals surface area contributed by atoms with Crippen LogP contribution in [0.1, 0.15) is 47.0 Å². The van der Waals surface area contributed by atoms with Crippen LogP contribution in [0.4, 0.5) is 0 Å². The Morgan fingerprint density at radius 3 is 2.16 bits per heavy atom. The molecule has 0 bridgehead atoms. The largest absolute Gasteiger partial charge is 0.353 e. The average molecular weight is 394 g/mol. The summed E-state index contributed by atoms with van der Waals surface area (Å²) in [6, 6.07) is 2.64. The molecule has 0 heterocycles. The van der Waals surface area contributed by atoms with Crippen LogP contribution in [-0.4, -0.2) is 44.2 Å². The highest BCUT2D eigenvalue weighted by atomic mass is 31.2. The van der Waals surface area contributed by atoms with E-state index in [4.69, 9.17) is 23.4 Å². The molecule has 0 aromatic rings. The molecule has 1 unspecified atom stereocenters. The maximum atomic E-state index is 11.9. The van der Waals surface area contributed by atoms with Gasteiger partial charge in [0.15, 0.2) is 0 Å². The molecule has 0 N–H and O–H groups in total. The van der Waals surface area contributed by atoms with Gasteiger partial charge in [-0.05, 0) is 40.5 Å². The Kier molecular flexibility index (Phi) is 13.7. The second kappa shape index (κ2) is 13.8. The number of allylic oxidation sites excluding steroid dienone is 1. The normalized spacial score (nSPS) is 13.9. The van der Waals surface area contributed by atoms with Gasteiger partial charge in [-0.15, -0.1) is 0 Å². The van der Waals surface area contributed by atoms with Crippen LogP contribution in [0.25, 0.3) is 0 Å². The highest BCUT2D eigenvalue weighted by Gasteiger charge is 2.26. The molecule has 0 aliphatic carbocycles. The summed E-state index contributed by atoms with van der Waals surface area (Å²) in [6.07, 6.45) is 3.58. The first-order chi connectivity index (χ1) is 11.8. The van der Waals surface area contributed by atoms with Crippen LogP contribution in [0, 0.1) is 11.3 Å². The van der Waals surface area contributed by atoms with Crippen LogP contribution >= 0.6 is 16.1 Å². The van der Waals surface area contributed by atoms with E-state index in [-0.39, 0.29) is 12.1 Å². The van der Waals surface area contributed by atoms with Gasteiger partial charge in [0, 0.05) is 32.1 Å². The van der Waals surface area contributed by atoms with Crippen molar-refractivity contribution in [2.45, 2.75) is 59.0 Å². The first kappa shape index (κ1) is 24.7. The number of rotatable bonds is 14. The van der Waals surface area contributed by atoms with Gasteiger partial charge >= 0.3 is 7.60 Å². The standard InChI is InChI=1S/C16H32N2O5P2/c1-15(2)18(16(3)4)24(23-13-10-11-17)22-12-8-7-9-14-25(19,20-5)21-6/h9,14-16H,7-8,10,12-13H2,1-6H3/b14-9+. The molecule has 0 saturated heterocycles. The maximum absolute atomic E-state index is 11.9. The molecule has 1 atom stereocenters. The third kappa shape index (κ3) is 10.4. The lowest BCUT2D eigenvalue weighted by molar-refractivity contribution is 0.175. The van der Waals surface area contributed by atoms with Crippen LogP contribution in [0.5, 0.6) is 0 Å². The van der Waals surface area contributed by atoms with Gasteiger partial charge in [-0.2, -0.15) is 5.26 Å². The van der Waals surface area contributed by atoms with E-state index in [0.717, 1.165) is 6.42 Å². The molecule has 0 rings (SSSR count). The van der Waals surface area contributed by atoms with E-state index in [1.807, 2.05) is 0 Å². The van der Waals surface area contributed by atoms with Gasteiger partial charge in [0.25, 0.3) is 8.53 Å². The molecule has 0 spiro atoms. The lowest BCUT2D eigenvalue weighted by Crippen LogP contribution is -2.33. The minimum Gasteiger partial charge on any atom is -0.322 e. The highest BCUT2D eigenvalue weighted by molar-refractivity contribution is 7.57. The SMILES string of the molecule is COP(=O)(/C=C/CCCOP(OCCC#N)N(C(C)C)C(C)C)OC. The molecule has 146 valence electrons. The molecule has 0 radical (unpaired) electrons. The molecule has 0 aromatic heterocycles. The fourth-order valence-electron chi connectivity index (χ4n) is 2.06. The molecule has 9 heteroatoms. The summed E-state index contributed by atoms with van der Waals surface area (Å²) in [6.45, 7) is 9.28. The fraction of sp³-hybridized carbons (Fsp3) is 0.812. The summed E-state index contributed by atoms with van der Waals surface area (Å²) in [5.41, 5.74) is 0. The van der Waals surface area contributed by atoms with Gasteiger partial charge in [-0.25, -0.2) is 4.67 Å². The Hall–Kier alpha value is -0.310. The van der Waals surface area contributed by atoms with Crippen molar-refractivity contribution in [3.8, 4) is 6.07 Å². The number of hydrogen-bond acceptors (Lipinski definition) is 7. The Bertz CT molecular complexity index is 450. The van der Waals surface area contributed by atoms with Crippen LogP contribution in [0.15, 0.2) is 11.9 Å². The van der Waals surface area contributed by atoms with E-state index in [1.165, 1.54) is 20.0 Å². The monoisotopic (exact) mass is 394 g/mol. The molecule has 0 aromatic carbocycles. The molecular formula is C16H32N2O5P2. The molecular weight excluding hydrogens is 362 g/mol. The Labute approximate surface area is 153 Å². The molecule has 0 aliphatic rings. The molecule has 0 aliphatic heterocycles. The molecule has 0 amide bonds.